The number of likely N-dealkylation sites (N-methyl/N-ethyl adjacent to an activating group) is 1. The molecule has 0 aliphatic carbocycles. The fourth-order valence-electron chi connectivity index (χ4n) is 2.09. The van der Waals surface area contributed by atoms with Crippen molar-refractivity contribution in [3.63, 3.8) is 0 Å². The predicted octanol–water partition coefficient (Wildman–Crippen LogP) is 2.13. The summed E-state index contributed by atoms with van der Waals surface area (Å²) in [5, 5.41) is 3.48. The smallest absolute Gasteiger partial charge is 0.0615 e. The lowest BCUT2D eigenvalue weighted by atomic mass is 10.2. The summed E-state index contributed by atoms with van der Waals surface area (Å²) < 4.78 is 5.20. The van der Waals surface area contributed by atoms with Gasteiger partial charge in [-0.15, -0.1) is 0 Å². The van der Waals surface area contributed by atoms with Crippen LogP contribution < -0.4 is 5.32 Å². The van der Waals surface area contributed by atoms with Crippen molar-refractivity contribution in [3.05, 3.63) is 35.9 Å². The predicted molar refractivity (Wildman–Crippen MR) is 76.7 cm³/mol. The SMILES string of the molecule is CCN(CCNCc1ccccc1)C(C)COC. The summed E-state index contributed by atoms with van der Waals surface area (Å²) in [6.45, 7) is 9.29. The molecule has 0 radical (unpaired) electrons. The molecule has 0 saturated heterocycles. The van der Waals surface area contributed by atoms with Crippen molar-refractivity contribution in [2.24, 2.45) is 0 Å². The van der Waals surface area contributed by atoms with E-state index in [1.807, 2.05) is 0 Å². The Balaban J connectivity index is 2.19. The van der Waals surface area contributed by atoms with Crippen LogP contribution >= 0.6 is 0 Å². The van der Waals surface area contributed by atoms with E-state index in [-0.39, 0.29) is 0 Å². The van der Waals surface area contributed by atoms with Crippen LogP contribution in [0.3, 0.4) is 0 Å². The topological polar surface area (TPSA) is 24.5 Å². The van der Waals surface area contributed by atoms with Gasteiger partial charge in [0.25, 0.3) is 0 Å². The van der Waals surface area contributed by atoms with E-state index in [9.17, 15) is 0 Å². The van der Waals surface area contributed by atoms with E-state index >= 15 is 0 Å². The van der Waals surface area contributed by atoms with Gasteiger partial charge in [0.1, 0.15) is 0 Å². The molecule has 3 heteroatoms. The summed E-state index contributed by atoms with van der Waals surface area (Å²) in [6.07, 6.45) is 0. The van der Waals surface area contributed by atoms with E-state index in [2.05, 4.69) is 54.4 Å². The van der Waals surface area contributed by atoms with Gasteiger partial charge in [-0.2, -0.15) is 0 Å². The van der Waals surface area contributed by atoms with E-state index in [1.165, 1.54) is 5.56 Å². The standard InChI is InChI=1S/C15H26N2O/c1-4-17(14(2)13-18-3)11-10-16-12-15-8-6-5-7-9-15/h5-9,14,16H,4,10-13H2,1-3H3. The van der Waals surface area contributed by atoms with Crippen molar-refractivity contribution >= 4 is 0 Å². The van der Waals surface area contributed by atoms with Crippen molar-refractivity contribution in [2.45, 2.75) is 26.4 Å². The van der Waals surface area contributed by atoms with Crippen LogP contribution in [0.5, 0.6) is 0 Å². The Morgan fingerprint density at radius 2 is 2.00 bits per heavy atom. The third kappa shape index (κ3) is 5.63. The van der Waals surface area contributed by atoms with Gasteiger partial charge < -0.3 is 10.1 Å². The number of hydrogen-bond donors (Lipinski definition) is 1. The molecule has 1 aromatic rings. The molecule has 3 nitrogen and oxygen atoms in total. The van der Waals surface area contributed by atoms with Crippen molar-refractivity contribution in [3.8, 4) is 0 Å². The maximum absolute atomic E-state index is 5.20. The molecular weight excluding hydrogens is 224 g/mol. The molecule has 0 heterocycles. The highest BCUT2D eigenvalue weighted by Gasteiger charge is 2.10. The summed E-state index contributed by atoms with van der Waals surface area (Å²) >= 11 is 0. The Morgan fingerprint density at radius 1 is 1.28 bits per heavy atom. The minimum atomic E-state index is 0.485. The Hall–Kier alpha value is -0.900. The van der Waals surface area contributed by atoms with Crippen molar-refractivity contribution in [1.29, 1.82) is 0 Å². The average Bonchev–Trinajstić information content (AvgIpc) is 2.40. The lowest BCUT2D eigenvalue weighted by molar-refractivity contribution is 0.103. The second-order valence-electron chi connectivity index (χ2n) is 4.60. The zero-order valence-corrected chi connectivity index (χ0v) is 11.9. The molecule has 0 spiro atoms. The van der Waals surface area contributed by atoms with Gasteiger partial charge >= 0.3 is 0 Å². The average molecular weight is 250 g/mol. The Labute approximate surface area is 111 Å². The van der Waals surface area contributed by atoms with Crippen LogP contribution in [0, 0.1) is 0 Å². The number of methoxy groups -OCH3 is 1. The molecule has 102 valence electrons. The van der Waals surface area contributed by atoms with Crippen LogP contribution in [0.25, 0.3) is 0 Å². The van der Waals surface area contributed by atoms with Crippen LogP contribution in [0.15, 0.2) is 30.3 Å². The molecule has 1 unspecified atom stereocenters. The Bertz CT molecular complexity index is 303. The fourth-order valence-corrected chi connectivity index (χ4v) is 2.09. The summed E-state index contributed by atoms with van der Waals surface area (Å²) in [5.41, 5.74) is 1.34. The number of hydrogen-bond acceptors (Lipinski definition) is 3. The van der Waals surface area contributed by atoms with Gasteiger partial charge in [-0.25, -0.2) is 0 Å². The molecule has 0 saturated carbocycles. The highest BCUT2D eigenvalue weighted by molar-refractivity contribution is 5.14. The van der Waals surface area contributed by atoms with Gasteiger partial charge in [0.05, 0.1) is 6.61 Å². The molecule has 0 aromatic heterocycles. The van der Waals surface area contributed by atoms with Crippen molar-refractivity contribution in [2.75, 3.05) is 33.4 Å². The van der Waals surface area contributed by atoms with Crippen LogP contribution in [0.2, 0.25) is 0 Å². The molecule has 1 aromatic carbocycles. The quantitative estimate of drug-likeness (QED) is 0.680. The Morgan fingerprint density at radius 3 is 2.61 bits per heavy atom. The first-order valence-electron chi connectivity index (χ1n) is 6.75. The van der Waals surface area contributed by atoms with Gasteiger partial charge in [0, 0.05) is 32.8 Å². The second kappa shape index (κ2) is 9.09. The maximum atomic E-state index is 5.20. The minimum Gasteiger partial charge on any atom is -0.383 e. The van der Waals surface area contributed by atoms with E-state index in [0.717, 1.165) is 32.8 Å². The molecule has 0 fully saturated rings. The van der Waals surface area contributed by atoms with Gasteiger partial charge in [-0.05, 0) is 19.0 Å². The minimum absolute atomic E-state index is 0.485. The van der Waals surface area contributed by atoms with E-state index in [0.29, 0.717) is 6.04 Å². The molecule has 0 aliphatic heterocycles. The first-order chi connectivity index (χ1) is 8.77. The normalized spacial score (nSPS) is 12.9. The number of nitrogens with one attached hydrogen (secondary N) is 1. The van der Waals surface area contributed by atoms with Gasteiger partial charge in [0.2, 0.25) is 0 Å². The largest absolute Gasteiger partial charge is 0.383 e. The summed E-state index contributed by atoms with van der Waals surface area (Å²) in [4.78, 5) is 2.43. The number of rotatable bonds is 9. The lowest BCUT2D eigenvalue weighted by Crippen LogP contribution is -2.40. The molecule has 1 rings (SSSR count). The molecule has 1 atom stereocenters. The van der Waals surface area contributed by atoms with Crippen molar-refractivity contribution < 1.29 is 4.74 Å². The molecule has 1 N–H and O–H groups in total. The van der Waals surface area contributed by atoms with Crippen LogP contribution in [-0.4, -0.2) is 44.3 Å². The highest BCUT2D eigenvalue weighted by atomic mass is 16.5. The van der Waals surface area contributed by atoms with E-state index in [4.69, 9.17) is 4.74 Å². The zero-order chi connectivity index (χ0) is 13.2. The number of benzene rings is 1. The molecule has 18 heavy (non-hydrogen) atoms. The number of ether oxygens (including phenoxy) is 1. The number of nitrogens with zero attached hydrogens (tertiary/aromatic N) is 1. The maximum Gasteiger partial charge on any atom is 0.0615 e. The van der Waals surface area contributed by atoms with Gasteiger partial charge in [0.15, 0.2) is 0 Å². The molecule has 0 amide bonds. The van der Waals surface area contributed by atoms with Crippen molar-refractivity contribution in [1.82, 2.24) is 10.2 Å². The summed E-state index contributed by atoms with van der Waals surface area (Å²) in [7, 11) is 1.76. The molecular formula is C15H26N2O. The molecule has 0 bridgehead atoms. The summed E-state index contributed by atoms with van der Waals surface area (Å²) in [6, 6.07) is 11.0. The highest BCUT2D eigenvalue weighted by Crippen LogP contribution is 1.99. The van der Waals surface area contributed by atoms with E-state index in [1.54, 1.807) is 7.11 Å². The van der Waals surface area contributed by atoms with Crippen LogP contribution in [0.1, 0.15) is 19.4 Å². The van der Waals surface area contributed by atoms with E-state index < -0.39 is 0 Å². The van der Waals surface area contributed by atoms with Crippen LogP contribution in [0.4, 0.5) is 0 Å². The van der Waals surface area contributed by atoms with Gasteiger partial charge in [-0.1, -0.05) is 37.3 Å². The first kappa shape index (κ1) is 15.2. The fraction of sp³-hybridized carbons (Fsp3) is 0.600. The molecule has 0 aliphatic rings. The third-order valence-corrected chi connectivity index (χ3v) is 3.19. The lowest BCUT2D eigenvalue weighted by Gasteiger charge is -2.27. The van der Waals surface area contributed by atoms with Crippen LogP contribution in [-0.2, 0) is 11.3 Å². The van der Waals surface area contributed by atoms with Gasteiger partial charge in [-0.3, -0.25) is 4.90 Å². The first-order valence-corrected chi connectivity index (χ1v) is 6.75. The monoisotopic (exact) mass is 250 g/mol. The second-order valence-corrected chi connectivity index (χ2v) is 4.60. The third-order valence-electron chi connectivity index (χ3n) is 3.19. The zero-order valence-electron chi connectivity index (χ0n) is 11.9. The Kier molecular flexibility index (Phi) is 7.65. The summed E-state index contributed by atoms with van der Waals surface area (Å²) in [5.74, 6) is 0.